The molecule has 2 nitrogen and oxygen atoms in total. The largest absolute Gasteiger partial charge is 0.309 e. The maximum atomic E-state index is 13.0. The summed E-state index contributed by atoms with van der Waals surface area (Å²) in [5, 5.41) is 0. The maximum absolute atomic E-state index is 13.0. The lowest BCUT2D eigenvalue weighted by atomic mass is 9.78. The first kappa shape index (κ1) is 17.1. The first-order valence-electron chi connectivity index (χ1n) is 8.69. The van der Waals surface area contributed by atoms with Gasteiger partial charge in [-0.15, -0.1) is 0 Å². The number of rotatable bonds is 3. The molecule has 0 saturated heterocycles. The van der Waals surface area contributed by atoms with Crippen LogP contribution in [0.3, 0.4) is 0 Å². The molecule has 0 unspecified atom stereocenters. The van der Waals surface area contributed by atoms with Crippen LogP contribution in [0.2, 0.25) is 0 Å². The zero-order valence-corrected chi connectivity index (χ0v) is 14.8. The van der Waals surface area contributed by atoms with Gasteiger partial charge in [-0.2, -0.15) is 0 Å². The van der Waals surface area contributed by atoms with Crippen LogP contribution in [-0.4, -0.2) is 11.9 Å². The minimum Gasteiger partial charge on any atom is -0.309 e. The molecule has 0 aromatic heterocycles. The van der Waals surface area contributed by atoms with Crippen LogP contribution in [0.4, 0.5) is 5.69 Å². The quantitative estimate of drug-likeness (QED) is 0.743. The van der Waals surface area contributed by atoms with E-state index in [1.165, 1.54) is 12.8 Å². The number of nitrogens with zero attached hydrogens (tertiary/aromatic N) is 1. The number of carbonyl (C=O) groups excluding carboxylic acids is 1. The average Bonchev–Trinajstić information content (AvgIpc) is 2.48. The molecule has 0 spiro atoms. The fourth-order valence-electron chi connectivity index (χ4n) is 3.47. The summed E-state index contributed by atoms with van der Waals surface area (Å²) in [5.74, 6) is 1.81. The second-order valence-corrected chi connectivity index (χ2v) is 8.07. The molecule has 122 valence electrons. The van der Waals surface area contributed by atoms with Gasteiger partial charge in [-0.25, -0.2) is 0 Å². The van der Waals surface area contributed by atoms with Crippen molar-refractivity contribution in [2.24, 2.45) is 17.3 Å². The molecular formula is C20H31NO. The second kappa shape index (κ2) is 6.85. The van der Waals surface area contributed by atoms with Crippen LogP contribution in [0.25, 0.3) is 0 Å². The molecule has 1 amide bonds. The van der Waals surface area contributed by atoms with Crippen LogP contribution in [0.15, 0.2) is 30.3 Å². The van der Waals surface area contributed by atoms with Crippen LogP contribution in [0.1, 0.15) is 60.3 Å². The molecule has 1 saturated carbocycles. The smallest absolute Gasteiger partial charge is 0.232 e. The Bertz CT molecular complexity index is 478. The van der Waals surface area contributed by atoms with Crippen LogP contribution < -0.4 is 4.90 Å². The number of carbonyl (C=O) groups is 1. The Balaban J connectivity index is 2.21. The predicted octanol–water partition coefficient (Wildman–Crippen LogP) is 5.28. The van der Waals surface area contributed by atoms with Gasteiger partial charge in [0.05, 0.1) is 0 Å². The van der Waals surface area contributed by atoms with Gasteiger partial charge in [0, 0.05) is 17.1 Å². The molecular weight excluding hydrogens is 270 g/mol. The van der Waals surface area contributed by atoms with Gasteiger partial charge in [0.2, 0.25) is 5.91 Å². The lowest BCUT2D eigenvalue weighted by Gasteiger charge is -2.40. The monoisotopic (exact) mass is 301 g/mol. The second-order valence-electron chi connectivity index (χ2n) is 8.07. The summed E-state index contributed by atoms with van der Waals surface area (Å²) in [6.45, 7) is 10.7. The summed E-state index contributed by atoms with van der Waals surface area (Å²) < 4.78 is 0. The van der Waals surface area contributed by atoms with Gasteiger partial charge in [-0.05, 0) is 49.7 Å². The summed E-state index contributed by atoms with van der Waals surface area (Å²) in [4.78, 5) is 15.1. The van der Waals surface area contributed by atoms with E-state index in [-0.39, 0.29) is 11.3 Å². The molecule has 2 heteroatoms. The number of amides is 1. The van der Waals surface area contributed by atoms with Gasteiger partial charge in [0.1, 0.15) is 0 Å². The summed E-state index contributed by atoms with van der Waals surface area (Å²) in [6, 6.07) is 10.6. The Morgan fingerprint density at radius 2 is 1.59 bits per heavy atom. The number of hydrogen-bond donors (Lipinski definition) is 0. The number of benzene rings is 1. The highest BCUT2D eigenvalue weighted by Gasteiger charge is 2.35. The SMILES string of the molecule is CC(C)C1CCC(N(C(=O)C(C)(C)C)c2ccccc2)CC1. The van der Waals surface area contributed by atoms with E-state index in [0.29, 0.717) is 6.04 Å². The highest BCUT2D eigenvalue weighted by molar-refractivity contribution is 5.97. The van der Waals surface area contributed by atoms with E-state index in [1.807, 2.05) is 39.0 Å². The Hall–Kier alpha value is -1.31. The summed E-state index contributed by atoms with van der Waals surface area (Å²) in [7, 11) is 0. The van der Waals surface area contributed by atoms with Crippen LogP contribution in [-0.2, 0) is 4.79 Å². The zero-order valence-electron chi connectivity index (χ0n) is 14.8. The third-order valence-electron chi connectivity index (χ3n) is 4.94. The predicted molar refractivity (Wildman–Crippen MR) is 94.0 cm³/mol. The Morgan fingerprint density at radius 3 is 2.05 bits per heavy atom. The number of anilines is 1. The molecule has 0 bridgehead atoms. The molecule has 22 heavy (non-hydrogen) atoms. The van der Waals surface area contributed by atoms with Crippen LogP contribution in [0, 0.1) is 17.3 Å². The van der Waals surface area contributed by atoms with Gasteiger partial charge < -0.3 is 4.90 Å². The molecule has 0 aliphatic heterocycles. The highest BCUT2D eigenvalue weighted by atomic mass is 16.2. The molecule has 0 N–H and O–H groups in total. The lowest BCUT2D eigenvalue weighted by molar-refractivity contribution is -0.126. The minimum absolute atomic E-state index is 0.242. The Morgan fingerprint density at radius 1 is 1.05 bits per heavy atom. The topological polar surface area (TPSA) is 20.3 Å². The van der Waals surface area contributed by atoms with Crippen molar-refractivity contribution < 1.29 is 4.79 Å². The molecule has 0 heterocycles. The summed E-state index contributed by atoms with van der Waals surface area (Å²) >= 11 is 0. The fraction of sp³-hybridized carbons (Fsp3) is 0.650. The molecule has 0 atom stereocenters. The normalized spacial score (nSPS) is 22.6. The van der Waals surface area contributed by atoms with Crippen molar-refractivity contribution in [3.63, 3.8) is 0 Å². The van der Waals surface area contributed by atoms with Crippen molar-refractivity contribution in [2.45, 2.75) is 66.3 Å². The van der Waals surface area contributed by atoms with Crippen molar-refractivity contribution in [2.75, 3.05) is 4.90 Å². The maximum Gasteiger partial charge on any atom is 0.232 e. The third-order valence-corrected chi connectivity index (χ3v) is 4.94. The van der Waals surface area contributed by atoms with Crippen LogP contribution >= 0.6 is 0 Å². The molecule has 0 radical (unpaired) electrons. The van der Waals surface area contributed by atoms with Crippen molar-refractivity contribution in [1.29, 1.82) is 0 Å². The molecule has 1 aliphatic rings. The highest BCUT2D eigenvalue weighted by Crippen LogP contribution is 2.36. The van der Waals surface area contributed by atoms with E-state index >= 15 is 0 Å². The molecule has 1 aliphatic carbocycles. The van der Waals surface area contributed by atoms with Gasteiger partial charge in [0.25, 0.3) is 0 Å². The number of hydrogen-bond acceptors (Lipinski definition) is 1. The van der Waals surface area contributed by atoms with E-state index in [4.69, 9.17) is 0 Å². The van der Waals surface area contributed by atoms with E-state index in [2.05, 4.69) is 30.9 Å². The van der Waals surface area contributed by atoms with Gasteiger partial charge in [0.15, 0.2) is 0 Å². The van der Waals surface area contributed by atoms with Crippen molar-refractivity contribution in [3.8, 4) is 0 Å². The van der Waals surface area contributed by atoms with Gasteiger partial charge in [-0.3, -0.25) is 4.79 Å². The summed E-state index contributed by atoms with van der Waals surface area (Å²) in [6.07, 6.45) is 4.73. The minimum atomic E-state index is -0.343. The molecule has 1 aromatic rings. The van der Waals surface area contributed by atoms with E-state index in [1.54, 1.807) is 0 Å². The zero-order chi connectivity index (χ0) is 16.3. The number of para-hydroxylation sites is 1. The fourth-order valence-corrected chi connectivity index (χ4v) is 3.47. The van der Waals surface area contributed by atoms with Gasteiger partial charge in [-0.1, -0.05) is 52.8 Å². The van der Waals surface area contributed by atoms with E-state index < -0.39 is 0 Å². The van der Waals surface area contributed by atoms with E-state index in [0.717, 1.165) is 30.4 Å². The van der Waals surface area contributed by atoms with Crippen molar-refractivity contribution >= 4 is 11.6 Å². The van der Waals surface area contributed by atoms with Crippen molar-refractivity contribution in [1.82, 2.24) is 0 Å². The van der Waals surface area contributed by atoms with Crippen molar-refractivity contribution in [3.05, 3.63) is 30.3 Å². The summed E-state index contributed by atoms with van der Waals surface area (Å²) in [5.41, 5.74) is 0.709. The van der Waals surface area contributed by atoms with Crippen LogP contribution in [0.5, 0.6) is 0 Å². The molecule has 1 aromatic carbocycles. The van der Waals surface area contributed by atoms with E-state index in [9.17, 15) is 4.79 Å². The molecule has 2 rings (SSSR count). The Labute approximate surface area is 135 Å². The third kappa shape index (κ3) is 3.91. The lowest BCUT2D eigenvalue weighted by Crippen LogP contribution is -2.47. The first-order valence-corrected chi connectivity index (χ1v) is 8.69. The average molecular weight is 301 g/mol. The van der Waals surface area contributed by atoms with Gasteiger partial charge >= 0.3 is 0 Å². The first-order chi connectivity index (χ1) is 10.3. The standard InChI is InChI=1S/C20H31NO/c1-15(2)16-11-13-18(14-12-16)21(19(22)20(3,4)5)17-9-7-6-8-10-17/h6-10,15-16,18H,11-14H2,1-5H3. The molecule has 1 fully saturated rings. The Kier molecular flexibility index (Phi) is 5.31.